The second-order valence-electron chi connectivity index (χ2n) is 5.12. The number of fused-ring (bicyclic) bond motifs is 1. The summed E-state index contributed by atoms with van der Waals surface area (Å²) in [6.45, 7) is 2.01. The summed E-state index contributed by atoms with van der Waals surface area (Å²) in [5.41, 5.74) is 1.27. The molecule has 1 atom stereocenters. The minimum absolute atomic E-state index is 0.0625. The maximum Gasteiger partial charge on any atom is 0.237 e. The number of hydrogen-bond acceptors (Lipinski definition) is 7. The highest BCUT2D eigenvalue weighted by Gasteiger charge is 2.24. The van der Waals surface area contributed by atoms with E-state index in [-0.39, 0.29) is 29.3 Å². The smallest absolute Gasteiger partial charge is 0.237 e. The maximum absolute atomic E-state index is 11.9. The highest BCUT2D eigenvalue weighted by molar-refractivity contribution is 7.99. The van der Waals surface area contributed by atoms with Gasteiger partial charge in [0.25, 0.3) is 0 Å². The van der Waals surface area contributed by atoms with Crippen molar-refractivity contribution in [3.63, 3.8) is 0 Å². The number of rotatable bonds is 4. The maximum atomic E-state index is 11.9. The van der Waals surface area contributed by atoms with Gasteiger partial charge in [-0.05, 0) is 12.3 Å². The molecule has 2 aromatic heterocycles. The molecule has 0 spiro atoms. The first-order valence-electron chi connectivity index (χ1n) is 6.79. The van der Waals surface area contributed by atoms with E-state index in [1.807, 2.05) is 6.92 Å². The molecule has 0 fully saturated rings. The molecule has 2 N–H and O–H groups in total. The lowest BCUT2D eigenvalue weighted by Crippen LogP contribution is -2.22. The van der Waals surface area contributed by atoms with Crippen LogP contribution in [0.5, 0.6) is 0 Å². The van der Waals surface area contributed by atoms with Gasteiger partial charge in [0, 0.05) is 12.6 Å². The standard InChI is InChI=1S/C13H14N6O2S/c1-7-2-9-8(10(20)3-7)4-14-12(17-9)18-11(21)5-22-13-15-6-16-19-13/h4,6-7H,2-3,5H2,1H3,(H,15,16,19)(H,14,17,18,21)/t7-/m1/s1. The highest BCUT2D eigenvalue weighted by Crippen LogP contribution is 2.24. The third-order valence-electron chi connectivity index (χ3n) is 3.23. The molecule has 3 rings (SSSR count). The molecule has 0 saturated carbocycles. The summed E-state index contributed by atoms with van der Waals surface area (Å²) in [6, 6.07) is 0. The Labute approximate surface area is 130 Å². The molecule has 0 aromatic carbocycles. The molecule has 1 aliphatic rings. The van der Waals surface area contributed by atoms with E-state index in [0.717, 1.165) is 6.42 Å². The normalized spacial score (nSPS) is 17.1. The van der Waals surface area contributed by atoms with Crippen LogP contribution >= 0.6 is 11.8 Å². The topological polar surface area (TPSA) is 114 Å². The molecule has 0 unspecified atom stereocenters. The molecule has 2 heterocycles. The van der Waals surface area contributed by atoms with Gasteiger partial charge in [-0.25, -0.2) is 15.0 Å². The first-order valence-corrected chi connectivity index (χ1v) is 7.77. The quantitative estimate of drug-likeness (QED) is 0.811. The summed E-state index contributed by atoms with van der Waals surface area (Å²) in [7, 11) is 0. The van der Waals surface area contributed by atoms with Crippen molar-refractivity contribution >= 4 is 29.4 Å². The largest absolute Gasteiger partial charge is 0.294 e. The van der Waals surface area contributed by atoms with Crippen LogP contribution in [0.2, 0.25) is 0 Å². The Hall–Kier alpha value is -2.29. The van der Waals surface area contributed by atoms with Gasteiger partial charge in [-0.1, -0.05) is 18.7 Å². The SMILES string of the molecule is C[C@H]1CC(=O)c2cnc(NC(=O)CSc3ncn[nH]3)nc2C1. The number of carbonyl (C=O) groups is 2. The van der Waals surface area contributed by atoms with Crippen molar-refractivity contribution in [1.82, 2.24) is 25.1 Å². The number of ketones is 1. The molecule has 2 aromatic rings. The second kappa shape index (κ2) is 6.22. The summed E-state index contributed by atoms with van der Waals surface area (Å²) < 4.78 is 0. The molecule has 0 radical (unpaired) electrons. The Morgan fingerprint density at radius 2 is 2.32 bits per heavy atom. The van der Waals surface area contributed by atoms with E-state index in [2.05, 4.69) is 30.5 Å². The van der Waals surface area contributed by atoms with Crippen molar-refractivity contribution in [3.05, 3.63) is 23.8 Å². The number of aromatic nitrogens is 5. The number of anilines is 1. The number of carbonyl (C=O) groups excluding carboxylic acids is 2. The molecule has 0 saturated heterocycles. The summed E-state index contributed by atoms with van der Waals surface area (Å²) in [5.74, 6) is 0.485. The number of H-pyrrole nitrogens is 1. The molecule has 1 amide bonds. The van der Waals surface area contributed by atoms with Crippen molar-refractivity contribution in [2.75, 3.05) is 11.1 Å². The van der Waals surface area contributed by atoms with E-state index in [1.165, 1.54) is 24.3 Å². The third kappa shape index (κ3) is 3.30. The fourth-order valence-electron chi connectivity index (χ4n) is 2.25. The predicted octanol–water partition coefficient (Wildman–Crippen LogP) is 1.09. The lowest BCUT2D eigenvalue weighted by molar-refractivity contribution is -0.113. The van der Waals surface area contributed by atoms with Crippen LogP contribution in [0.25, 0.3) is 0 Å². The molecule has 0 bridgehead atoms. The zero-order chi connectivity index (χ0) is 15.5. The third-order valence-corrected chi connectivity index (χ3v) is 4.10. The van der Waals surface area contributed by atoms with Crippen LogP contribution < -0.4 is 5.32 Å². The molecule has 9 heteroatoms. The summed E-state index contributed by atoms with van der Waals surface area (Å²) in [5, 5.41) is 9.56. The number of thioether (sulfide) groups is 1. The number of nitrogens with zero attached hydrogens (tertiary/aromatic N) is 4. The molecule has 114 valence electrons. The highest BCUT2D eigenvalue weighted by atomic mass is 32.2. The van der Waals surface area contributed by atoms with Gasteiger partial charge in [-0.2, -0.15) is 5.10 Å². The van der Waals surface area contributed by atoms with Crippen molar-refractivity contribution < 1.29 is 9.59 Å². The average molecular weight is 318 g/mol. The Bertz CT molecular complexity index is 703. The van der Waals surface area contributed by atoms with Crippen LogP contribution in [-0.2, 0) is 11.2 Å². The van der Waals surface area contributed by atoms with Crippen LogP contribution in [-0.4, -0.2) is 42.6 Å². The molecule has 1 aliphatic carbocycles. The van der Waals surface area contributed by atoms with Crippen molar-refractivity contribution in [2.45, 2.75) is 24.9 Å². The monoisotopic (exact) mass is 318 g/mol. The Balaban J connectivity index is 1.64. The first-order chi connectivity index (χ1) is 10.6. The van der Waals surface area contributed by atoms with Gasteiger partial charge in [-0.15, -0.1) is 0 Å². The van der Waals surface area contributed by atoms with Crippen LogP contribution in [0.1, 0.15) is 29.4 Å². The average Bonchev–Trinajstić information content (AvgIpc) is 2.98. The Morgan fingerprint density at radius 1 is 1.45 bits per heavy atom. The minimum atomic E-state index is -0.239. The van der Waals surface area contributed by atoms with E-state index >= 15 is 0 Å². The summed E-state index contributed by atoms with van der Waals surface area (Å²) in [6.07, 6.45) is 4.12. The summed E-state index contributed by atoms with van der Waals surface area (Å²) in [4.78, 5) is 36.0. The van der Waals surface area contributed by atoms with Gasteiger partial charge >= 0.3 is 0 Å². The van der Waals surface area contributed by atoms with Crippen molar-refractivity contribution in [1.29, 1.82) is 0 Å². The van der Waals surface area contributed by atoms with Crippen LogP contribution in [0.4, 0.5) is 5.95 Å². The predicted molar refractivity (Wildman–Crippen MR) is 79.6 cm³/mol. The first kappa shape index (κ1) is 14.6. The van der Waals surface area contributed by atoms with Gasteiger partial charge in [0.2, 0.25) is 11.9 Å². The fraction of sp³-hybridized carbons (Fsp3) is 0.385. The number of nitrogens with one attached hydrogen (secondary N) is 2. The summed E-state index contributed by atoms with van der Waals surface area (Å²) >= 11 is 1.23. The van der Waals surface area contributed by atoms with Crippen molar-refractivity contribution in [2.24, 2.45) is 5.92 Å². The van der Waals surface area contributed by atoms with Crippen molar-refractivity contribution in [3.8, 4) is 0 Å². The molecule has 0 aliphatic heterocycles. The second-order valence-corrected chi connectivity index (χ2v) is 6.08. The van der Waals surface area contributed by atoms with Gasteiger partial charge < -0.3 is 0 Å². The van der Waals surface area contributed by atoms with Gasteiger partial charge in [-0.3, -0.25) is 20.0 Å². The van der Waals surface area contributed by atoms with E-state index in [4.69, 9.17) is 0 Å². The Kier molecular flexibility index (Phi) is 4.14. The molecule has 22 heavy (non-hydrogen) atoms. The van der Waals surface area contributed by atoms with Gasteiger partial charge in [0.15, 0.2) is 10.9 Å². The number of hydrogen-bond donors (Lipinski definition) is 2. The zero-order valence-electron chi connectivity index (χ0n) is 11.9. The van der Waals surface area contributed by atoms with E-state index in [1.54, 1.807) is 0 Å². The van der Waals surface area contributed by atoms with Crippen LogP contribution in [0.15, 0.2) is 17.7 Å². The van der Waals surface area contributed by atoms with E-state index < -0.39 is 0 Å². The van der Waals surface area contributed by atoms with E-state index in [9.17, 15) is 9.59 Å². The number of Topliss-reactive ketones (excluding diaryl/α,β-unsaturated/α-hetero) is 1. The van der Waals surface area contributed by atoms with Gasteiger partial charge in [0.05, 0.1) is 17.0 Å². The molecular formula is C13H14N6O2S. The minimum Gasteiger partial charge on any atom is -0.294 e. The lowest BCUT2D eigenvalue weighted by Gasteiger charge is -2.19. The molecular weight excluding hydrogens is 304 g/mol. The number of amides is 1. The zero-order valence-corrected chi connectivity index (χ0v) is 12.7. The van der Waals surface area contributed by atoms with Crippen LogP contribution in [0, 0.1) is 5.92 Å². The van der Waals surface area contributed by atoms with Gasteiger partial charge in [0.1, 0.15) is 6.33 Å². The van der Waals surface area contributed by atoms with E-state index in [0.29, 0.717) is 22.8 Å². The Morgan fingerprint density at radius 3 is 3.09 bits per heavy atom. The molecule has 8 nitrogen and oxygen atoms in total. The number of aromatic amines is 1. The lowest BCUT2D eigenvalue weighted by atomic mass is 9.88. The fourth-order valence-corrected chi connectivity index (χ4v) is 2.83. The van der Waals surface area contributed by atoms with Crippen LogP contribution in [0.3, 0.4) is 0 Å².